The Labute approximate surface area is 118 Å². The van der Waals surface area contributed by atoms with Gasteiger partial charge in [-0.2, -0.15) is 0 Å². The standard InChI is InChI=1S/C18H28O/c1-4-5-8-13(2)16-11-7-12-17(18(16)19)14(3)15-9-6-10-15/h7,11-15,19H,4-6,8-10H2,1-3H3. The Morgan fingerprint density at radius 3 is 2.47 bits per heavy atom. The second-order valence-corrected chi connectivity index (χ2v) is 6.31. The van der Waals surface area contributed by atoms with E-state index in [0.29, 0.717) is 17.6 Å². The van der Waals surface area contributed by atoms with Crippen molar-refractivity contribution in [1.82, 2.24) is 0 Å². The Balaban J connectivity index is 2.16. The van der Waals surface area contributed by atoms with Gasteiger partial charge in [-0.1, -0.05) is 58.2 Å². The molecule has 1 fully saturated rings. The van der Waals surface area contributed by atoms with Crippen LogP contribution in [-0.2, 0) is 0 Å². The van der Waals surface area contributed by atoms with Crippen molar-refractivity contribution >= 4 is 0 Å². The molecule has 0 aliphatic heterocycles. The smallest absolute Gasteiger partial charge is 0.122 e. The van der Waals surface area contributed by atoms with Gasteiger partial charge >= 0.3 is 0 Å². The van der Waals surface area contributed by atoms with Crippen LogP contribution >= 0.6 is 0 Å². The number of phenols is 1. The Kier molecular flexibility index (Phi) is 4.90. The minimum absolute atomic E-state index is 0.466. The molecule has 2 rings (SSSR count). The molecule has 0 amide bonds. The third kappa shape index (κ3) is 3.13. The Morgan fingerprint density at radius 1 is 1.21 bits per heavy atom. The fraction of sp³-hybridized carbons (Fsp3) is 0.667. The van der Waals surface area contributed by atoms with Gasteiger partial charge in [0, 0.05) is 0 Å². The molecular weight excluding hydrogens is 232 g/mol. The number of rotatable bonds is 6. The number of para-hydroxylation sites is 1. The summed E-state index contributed by atoms with van der Waals surface area (Å²) < 4.78 is 0. The van der Waals surface area contributed by atoms with E-state index in [1.165, 1.54) is 44.1 Å². The zero-order chi connectivity index (χ0) is 13.8. The van der Waals surface area contributed by atoms with E-state index in [2.05, 4.69) is 39.0 Å². The first kappa shape index (κ1) is 14.4. The highest BCUT2D eigenvalue weighted by Gasteiger charge is 2.27. The molecule has 1 aromatic carbocycles. The van der Waals surface area contributed by atoms with Crippen LogP contribution in [0, 0.1) is 5.92 Å². The lowest BCUT2D eigenvalue weighted by Gasteiger charge is -2.32. The number of hydrogen-bond donors (Lipinski definition) is 1. The lowest BCUT2D eigenvalue weighted by molar-refractivity contribution is 0.268. The quantitative estimate of drug-likeness (QED) is 0.707. The molecule has 1 aromatic rings. The van der Waals surface area contributed by atoms with Gasteiger partial charge in [-0.3, -0.25) is 0 Å². The van der Waals surface area contributed by atoms with Crippen LogP contribution in [0.25, 0.3) is 0 Å². The van der Waals surface area contributed by atoms with Gasteiger partial charge in [0.05, 0.1) is 0 Å². The molecule has 0 aromatic heterocycles. The molecule has 2 unspecified atom stereocenters. The highest BCUT2D eigenvalue weighted by molar-refractivity contribution is 5.44. The summed E-state index contributed by atoms with van der Waals surface area (Å²) in [7, 11) is 0. The monoisotopic (exact) mass is 260 g/mol. The van der Waals surface area contributed by atoms with E-state index in [1.54, 1.807) is 0 Å². The minimum atomic E-state index is 0.466. The number of benzene rings is 1. The zero-order valence-corrected chi connectivity index (χ0v) is 12.7. The predicted molar refractivity (Wildman–Crippen MR) is 81.8 cm³/mol. The van der Waals surface area contributed by atoms with Gasteiger partial charge in [0.15, 0.2) is 0 Å². The highest BCUT2D eigenvalue weighted by atomic mass is 16.3. The fourth-order valence-electron chi connectivity index (χ4n) is 3.20. The Bertz CT molecular complexity index is 406. The minimum Gasteiger partial charge on any atom is -0.507 e. The third-order valence-corrected chi connectivity index (χ3v) is 4.97. The van der Waals surface area contributed by atoms with Gasteiger partial charge in [0.2, 0.25) is 0 Å². The van der Waals surface area contributed by atoms with Crippen molar-refractivity contribution < 1.29 is 5.11 Å². The van der Waals surface area contributed by atoms with Crippen molar-refractivity contribution in [2.24, 2.45) is 5.92 Å². The molecule has 1 heteroatoms. The maximum Gasteiger partial charge on any atom is 0.122 e. The maximum atomic E-state index is 10.6. The Morgan fingerprint density at radius 2 is 1.89 bits per heavy atom. The summed E-state index contributed by atoms with van der Waals surface area (Å²) in [6, 6.07) is 6.35. The number of unbranched alkanes of at least 4 members (excludes halogenated alkanes) is 1. The Hall–Kier alpha value is -0.980. The summed E-state index contributed by atoms with van der Waals surface area (Å²) in [5.41, 5.74) is 2.32. The van der Waals surface area contributed by atoms with Crippen LogP contribution in [0.2, 0.25) is 0 Å². The van der Waals surface area contributed by atoms with Crippen molar-refractivity contribution in [3.63, 3.8) is 0 Å². The lowest BCUT2D eigenvalue weighted by atomic mass is 9.73. The average Bonchev–Trinajstić information content (AvgIpc) is 2.34. The summed E-state index contributed by atoms with van der Waals surface area (Å²) in [6.45, 7) is 6.74. The van der Waals surface area contributed by atoms with Gasteiger partial charge in [-0.25, -0.2) is 0 Å². The van der Waals surface area contributed by atoms with Crippen LogP contribution in [0.1, 0.15) is 82.3 Å². The molecule has 0 spiro atoms. The van der Waals surface area contributed by atoms with E-state index in [-0.39, 0.29) is 0 Å². The van der Waals surface area contributed by atoms with Crippen LogP contribution in [0.3, 0.4) is 0 Å². The lowest BCUT2D eigenvalue weighted by Crippen LogP contribution is -2.18. The van der Waals surface area contributed by atoms with Crippen molar-refractivity contribution in [2.75, 3.05) is 0 Å². The topological polar surface area (TPSA) is 20.2 Å². The van der Waals surface area contributed by atoms with Crippen LogP contribution < -0.4 is 0 Å². The van der Waals surface area contributed by atoms with Gasteiger partial charge in [-0.05, 0) is 48.1 Å². The maximum absolute atomic E-state index is 10.6. The van der Waals surface area contributed by atoms with Gasteiger partial charge in [-0.15, -0.1) is 0 Å². The molecule has 1 saturated carbocycles. The molecule has 0 radical (unpaired) electrons. The van der Waals surface area contributed by atoms with E-state index >= 15 is 0 Å². The van der Waals surface area contributed by atoms with Crippen LogP contribution in [0.5, 0.6) is 5.75 Å². The second-order valence-electron chi connectivity index (χ2n) is 6.31. The summed E-state index contributed by atoms with van der Waals surface area (Å²) >= 11 is 0. The van der Waals surface area contributed by atoms with Crippen molar-refractivity contribution in [1.29, 1.82) is 0 Å². The van der Waals surface area contributed by atoms with E-state index in [4.69, 9.17) is 0 Å². The fourth-order valence-corrected chi connectivity index (χ4v) is 3.20. The van der Waals surface area contributed by atoms with Crippen molar-refractivity contribution in [3.05, 3.63) is 29.3 Å². The SMILES string of the molecule is CCCCC(C)c1cccc(C(C)C2CCC2)c1O. The molecule has 1 nitrogen and oxygen atoms in total. The summed E-state index contributed by atoms with van der Waals surface area (Å²) in [4.78, 5) is 0. The van der Waals surface area contributed by atoms with Gasteiger partial charge in [0.1, 0.15) is 5.75 Å². The molecular formula is C18H28O. The van der Waals surface area contributed by atoms with E-state index < -0.39 is 0 Å². The third-order valence-electron chi connectivity index (χ3n) is 4.97. The number of aromatic hydroxyl groups is 1. The number of phenolic OH excluding ortho intramolecular Hbond substituents is 1. The first-order valence-electron chi connectivity index (χ1n) is 7.96. The normalized spacial score (nSPS) is 18.9. The summed E-state index contributed by atoms with van der Waals surface area (Å²) in [5.74, 6) is 2.33. The molecule has 2 atom stereocenters. The molecule has 106 valence electrons. The molecule has 19 heavy (non-hydrogen) atoms. The van der Waals surface area contributed by atoms with Crippen molar-refractivity contribution in [2.45, 2.75) is 71.1 Å². The summed E-state index contributed by atoms with van der Waals surface area (Å²) in [6.07, 6.45) is 7.66. The molecule has 1 aliphatic carbocycles. The summed E-state index contributed by atoms with van der Waals surface area (Å²) in [5, 5.41) is 10.6. The van der Waals surface area contributed by atoms with Crippen LogP contribution in [-0.4, -0.2) is 5.11 Å². The second kappa shape index (κ2) is 6.45. The van der Waals surface area contributed by atoms with Crippen LogP contribution in [0.4, 0.5) is 0 Å². The van der Waals surface area contributed by atoms with Gasteiger partial charge in [0.25, 0.3) is 0 Å². The number of hydrogen-bond acceptors (Lipinski definition) is 1. The highest BCUT2D eigenvalue weighted by Crippen LogP contribution is 2.43. The predicted octanol–water partition coefficient (Wildman–Crippen LogP) is 5.59. The molecule has 1 N–H and O–H groups in total. The molecule has 0 heterocycles. The molecule has 0 bridgehead atoms. The average molecular weight is 260 g/mol. The largest absolute Gasteiger partial charge is 0.507 e. The first-order valence-corrected chi connectivity index (χ1v) is 7.96. The molecule has 1 aliphatic rings. The van der Waals surface area contributed by atoms with E-state index in [9.17, 15) is 5.11 Å². The molecule has 0 saturated heterocycles. The van der Waals surface area contributed by atoms with Gasteiger partial charge < -0.3 is 5.11 Å². The van der Waals surface area contributed by atoms with E-state index in [1.807, 2.05) is 0 Å². The zero-order valence-electron chi connectivity index (χ0n) is 12.7. The van der Waals surface area contributed by atoms with Crippen molar-refractivity contribution in [3.8, 4) is 5.75 Å². The van der Waals surface area contributed by atoms with Crippen LogP contribution in [0.15, 0.2) is 18.2 Å². The van der Waals surface area contributed by atoms with E-state index in [0.717, 1.165) is 11.5 Å². The first-order chi connectivity index (χ1) is 9.15.